The number of para-hydroxylation sites is 1. The summed E-state index contributed by atoms with van der Waals surface area (Å²) in [5.41, 5.74) is 2.16. The first-order valence-corrected chi connectivity index (χ1v) is 7.74. The predicted octanol–water partition coefficient (Wildman–Crippen LogP) is 3.32. The summed E-state index contributed by atoms with van der Waals surface area (Å²) in [5.74, 6) is 0.915. The van der Waals surface area contributed by atoms with Crippen LogP contribution in [0.15, 0.2) is 36.5 Å². The third kappa shape index (κ3) is 4.08. The molecule has 0 amide bonds. The van der Waals surface area contributed by atoms with Gasteiger partial charge in [-0.2, -0.15) is 0 Å². The highest BCUT2D eigenvalue weighted by atomic mass is 15.2. The minimum Gasteiger partial charge on any atom is -0.352 e. The molecule has 1 atom stereocenters. The topological polar surface area (TPSA) is 33.1 Å². The Morgan fingerprint density at radius 2 is 1.86 bits per heavy atom. The van der Waals surface area contributed by atoms with Gasteiger partial charge in [0.15, 0.2) is 0 Å². The zero-order valence-electron chi connectivity index (χ0n) is 13.5. The molecule has 114 valence electrons. The van der Waals surface area contributed by atoms with Gasteiger partial charge < -0.3 is 10.2 Å². The van der Waals surface area contributed by atoms with E-state index in [4.69, 9.17) is 0 Å². The molecule has 1 heterocycles. The fraction of sp³-hybridized carbons (Fsp3) is 0.471. The number of nitrogens with one attached hydrogen (secondary N) is 1. The number of aromatic nitrogens is 2. The van der Waals surface area contributed by atoms with Gasteiger partial charge in [-0.25, -0.2) is 4.98 Å². The molecule has 0 radical (unpaired) electrons. The Morgan fingerprint density at radius 3 is 2.48 bits per heavy atom. The van der Waals surface area contributed by atoms with Gasteiger partial charge in [0.1, 0.15) is 0 Å². The Bertz CT molecular complexity index is 543. The number of aryl methyl sites for hydroxylation is 1. The summed E-state index contributed by atoms with van der Waals surface area (Å²) < 4.78 is 2.12. The van der Waals surface area contributed by atoms with Crippen LogP contribution in [0.25, 0.3) is 5.69 Å². The predicted molar refractivity (Wildman–Crippen MR) is 89.2 cm³/mol. The maximum absolute atomic E-state index is 4.62. The van der Waals surface area contributed by atoms with E-state index >= 15 is 0 Å². The van der Waals surface area contributed by atoms with E-state index in [-0.39, 0.29) is 0 Å². The van der Waals surface area contributed by atoms with Gasteiger partial charge in [0.25, 0.3) is 0 Å². The monoisotopic (exact) mass is 286 g/mol. The van der Waals surface area contributed by atoms with E-state index in [9.17, 15) is 0 Å². The van der Waals surface area contributed by atoms with Crippen LogP contribution in [0, 0.1) is 6.92 Å². The minimum absolute atomic E-state index is 0.356. The lowest BCUT2D eigenvalue weighted by molar-refractivity contribution is 0.294. The number of nitrogens with zero attached hydrogens (tertiary/aromatic N) is 3. The number of imidazole rings is 1. The average Bonchev–Trinajstić information content (AvgIpc) is 2.86. The molecule has 0 bridgehead atoms. The van der Waals surface area contributed by atoms with Crippen LogP contribution in [0.3, 0.4) is 0 Å². The van der Waals surface area contributed by atoms with Crippen molar-refractivity contribution in [3.8, 4) is 5.69 Å². The molecule has 0 fully saturated rings. The molecule has 0 aliphatic carbocycles. The summed E-state index contributed by atoms with van der Waals surface area (Å²) in [7, 11) is 0. The molecule has 1 unspecified atom stereocenters. The number of likely N-dealkylation sites (N-methyl/N-ethyl adjacent to an activating group) is 1. The zero-order valence-corrected chi connectivity index (χ0v) is 13.5. The molecular weight excluding hydrogens is 260 g/mol. The highest BCUT2D eigenvalue weighted by Crippen LogP contribution is 2.17. The maximum atomic E-state index is 4.62. The molecule has 21 heavy (non-hydrogen) atoms. The van der Waals surface area contributed by atoms with Crippen molar-refractivity contribution in [3.63, 3.8) is 0 Å². The Hall–Kier alpha value is -1.81. The van der Waals surface area contributed by atoms with Gasteiger partial charge in [0, 0.05) is 24.5 Å². The number of hydrogen-bond acceptors (Lipinski definition) is 3. The summed E-state index contributed by atoms with van der Waals surface area (Å²) in [6.45, 7) is 11.8. The Labute approximate surface area is 127 Å². The van der Waals surface area contributed by atoms with Crippen LogP contribution >= 0.6 is 0 Å². The Kier molecular flexibility index (Phi) is 5.39. The fourth-order valence-corrected chi connectivity index (χ4v) is 2.52. The first-order chi connectivity index (χ1) is 10.1. The van der Waals surface area contributed by atoms with E-state index in [1.165, 1.54) is 0 Å². The maximum Gasteiger partial charge on any atom is 0.207 e. The van der Waals surface area contributed by atoms with Crippen molar-refractivity contribution in [2.75, 3.05) is 25.0 Å². The molecular formula is C17H26N4. The third-order valence-electron chi connectivity index (χ3n) is 3.66. The largest absolute Gasteiger partial charge is 0.352 e. The van der Waals surface area contributed by atoms with Gasteiger partial charge in [-0.15, -0.1) is 0 Å². The quantitative estimate of drug-likeness (QED) is 0.847. The van der Waals surface area contributed by atoms with E-state index in [2.05, 4.69) is 58.9 Å². The molecule has 1 N–H and O–H groups in total. The first kappa shape index (κ1) is 15.6. The van der Waals surface area contributed by atoms with Crippen molar-refractivity contribution in [1.29, 1.82) is 0 Å². The van der Waals surface area contributed by atoms with E-state index in [1.54, 1.807) is 0 Å². The fourth-order valence-electron chi connectivity index (χ4n) is 2.52. The van der Waals surface area contributed by atoms with Gasteiger partial charge in [-0.3, -0.25) is 4.57 Å². The number of anilines is 1. The normalized spacial score (nSPS) is 12.6. The molecule has 0 saturated carbocycles. The van der Waals surface area contributed by atoms with Gasteiger partial charge in [-0.1, -0.05) is 32.0 Å². The molecule has 0 aliphatic rings. The van der Waals surface area contributed by atoms with Crippen LogP contribution in [0.2, 0.25) is 0 Å². The lowest BCUT2D eigenvalue weighted by atomic mass is 10.3. The van der Waals surface area contributed by atoms with Gasteiger partial charge in [-0.05, 0) is 39.1 Å². The summed E-state index contributed by atoms with van der Waals surface area (Å²) in [4.78, 5) is 7.04. The van der Waals surface area contributed by atoms with Crippen LogP contribution in [0.5, 0.6) is 0 Å². The second kappa shape index (κ2) is 7.27. The second-order valence-electron chi connectivity index (χ2n) is 5.44. The first-order valence-electron chi connectivity index (χ1n) is 7.74. The summed E-state index contributed by atoms with van der Waals surface area (Å²) in [6, 6.07) is 10.7. The van der Waals surface area contributed by atoms with Crippen molar-refractivity contribution in [1.82, 2.24) is 14.5 Å². The van der Waals surface area contributed by atoms with E-state index < -0.39 is 0 Å². The molecule has 1 aromatic carbocycles. The van der Waals surface area contributed by atoms with Crippen LogP contribution in [-0.2, 0) is 0 Å². The molecule has 0 saturated heterocycles. The molecule has 0 spiro atoms. The van der Waals surface area contributed by atoms with E-state index in [0.29, 0.717) is 6.04 Å². The van der Waals surface area contributed by atoms with Gasteiger partial charge in [0.2, 0.25) is 5.95 Å². The summed E-state index contributed by atoms with van der Waals surface area (Å²) in [5, 5.41) is 3.54. The SMILES string of the molecule is CCN(CC)CC(C)Nc1nc(C)cn1-c1ccccc1. The summed E-state index contributed by atoms with van der Waals surface area (Å²) in [6.07, 6.45) is 2.07. The molecule has 2 rings (SSSR count). The van der Waals surface area contributed by atoms with Crippen LogP contribution in [-0.4, -0.2) is 40.1 Å². The molecule has 4 nitrogen and oxygen atoms in total. The molecule has 2 aromatic rings. The van der Waals surface area contributed by atoms with Gasteiger partial charge >= 0.3 is 0 Å². The smallest absolute Gasteiger partial charge is 0.207 e. The third-order valence-corrected chi connectivity index (χ3v) is 3.66. The van der Waals surface area contributed by atoms with E-state index in [0.717, 1.165) is 37.0 Å². The van der Waals surface area contributed by atoms with Crippen molar-refractivity contribution in [3.05, 3.63) is 42.2 Å². The number of hydrogen-bond donors (Lipinski definition) is 1. The van der Waals surface area contributed by atoms with Crippen LogP contribution < -0.4 is 5.32 Å². The summed E-state index contributed by atoms with van der Waals surface area (Å²) >= 11 is 0. The Balaban J connectivity index is 2.14. The standard InChI is InChI=1S/C17H26N4/c1-5-20(6-2)12-14(3)18-17-19-15(4)13-21(17)16-10-8-7-9-11-16/h7-11,13-14H,5-6,12H2,1-4H3,(H,18,19). The van der Waals surface area contributed by atoms with Crippen molar-refractivity contribution in [2.45, 2.75) is 33.7 Å². The molecule has 0 aliphatic heterocycles. The molecule has 4 heteroatoms. The highest BCUT2D eigenvalue weighted by molar-refractivity contribution is 5.43. The second-order valence-corrected chi connectivity index (χ2v) is 5.44. The number of rotatable bonds is 7. The van der Waals surface area contributed by atoms with Crippen LogP contribution in [0.1, 0.15) is 26.5 Å². The van der Waals surface area contributed by atoms with Crippen LogP contribution in [0.4, 0.5) is 5.95 Å². The molecule has 1 aromatic heterocycles. The minimum atomic E-state index is 0.356. The zero-order chi connectivity index (χ0) is 15.2. The lowest BCUT2D eigenvalue weighted by Gasteiger charge is -2.24. The van der Waals surface area contributed by atoms with Crippen molar-refractivity contribution in [2.24, 2.45) is 0 Å². The number of benzene rings is 1. The highest BCUT2D eigenvalue weighted by Gasteiger charge is 2.12. The average molecular weight is 286 g/mol. The van der Waals surface area contributed by atoms with Crippen molar-refractivity contribution >= 4 is 5.95 Å². The Morgan fingerprint density at radius 1 is 1.19 bits per heavy atom. The van der Waals surface area contributed by atoms with Gasteiger partial charge in [0.05, 0.1) is 5.69 Å². The lowest BCUT2D eigenvalue weighted by Crippen LogP contribution is -2.35. The van der Waals surface area contributed by atoms with E-state index in [1.807, 2.05) is 25.1 Å². The van der Waals surface area contributed by atoms with Crippen molar-refractivity contribution < 1.29 is 0 Å².